The minimum absolute atomic E-state index is 0.425. The van der Waals surface area contributed by atoms with Crippen molar-refractivity contribution in [3.8, 4) is 0 Å². The Hall–Kier alpha value is -0.0800. The molecule has 2 fully saturated rings. The molecule has 2 unspecified atom stereocenters. The maximum Gasteiger partial charge on any atom is 0.0336 e. The molecule has 0 spiro atoms. The quantitative estimate of drug-likeness (QED) is 0.703. The second-order valence-corrected chi connectivity index (χ2v) is 4.98. The number of rotatable bonds is 2. The van der Waals surface area contributed by atoms with Gasteiger partial charge < -0.3 is 5.73 Å². The zero-order valence-electron chi connectivity index (χ0n) is 8.92. The van der Waals surface area contributed by atoms with Crippen LogP contribution in [0.3, 0.4) is 0 Å². The molecular weight excluding hydrogens is 160 g/mol. The lowest BCUT2D eigenvalue weighted by atomic mass is 9.90. The molecule has 76 valence electrons. The molecule has 2 aliphatic rings. The van der Waals surface area contributed by atoms with E-state index in [4.69, 9.17) is 5.73 Å². The van der Waals surface area contributed by atoms with Crippen LogP contribution >= 0.6 is 0 Å². The van der Waals surface area contributed by atoms with Gasteiger partial charge >= 0.3 is 0 Å². The summed E-state index contributed by atoms with van der Waals surface area (Å²) in [5.74, 6) is 0.859. The molecule has 0 aromatic carbocycles. The number of nitrogens with two attached hydrogens (primary N) is 1. The number of hydrogen-bond donors (Lipinski definition) is 1. The molecule has 1 aliphatic heterocycles. The van der Waals surface area contributed by atoms with Gasteiger partial charge in [-0.2, -0.15) is 0 Å². The van der Waals surface area contributed by atoms with Crippen molar-refractivity contribution in [1.82, 2.24) is 4.90 Å². The SMILES string of the molecule is CC1CCCN(C2(CN)CC2)C1C. The van der Waals surface area contributed by atoms with Crippen LogP contribution in [0, 0.1) is 5.92 Å². The first kappa shape index (κ1) is 9.47. The Labute approximate surface area is 81.5 Å². The summed E-state index contributed by atoms with van der Waals surface area (Å²) in [7, 11) is 0. The average molecular weight is 182 g/mol. The Morgan fingerprint density at radius 1 is 1.38 bits per heavy atom. The van der Waals surface area contributed by atoms with Crippen LogP contribution in [0.4, 0.5) is 0 Å². The maximum absolute atomic E-state index is 5.87. The van der Waals surface area contributed by atoms with E-state index in [0.717, 1.165) is 18.5 Å². The molecule has 1 saturated carbocycles. The smallest absolute Gasteiger partial charge is 0.0336 e. The van der Waals surface area contributed by atoms with Crippen LogP contribution < -0.4 is 5.73 Å². The largest absolute Gasteiger partial charge is 0.329 e. The third-order valence-corrected chi connectivity index (χ3v) is 4.19. The van der Waals surface area contributed by atoms with E-state index < -0.39 is 0 Å². The fourth-order valence-corrected chi connectivity index (χ4v) is 2.76. The van der Waals surface area contributed by atoms with Gasteiger partial charge in [-0.3, -0.25) is 4.90 Å². The van der Waals surface area contributed by atoms with Crippen molar-refractivity contribution in [2.24, 2.45) is 11.7 Å². The van der Waals surface area contributed by atoms with Crippen LogP contribution in [0.5, 0.6) is 0 Å². The summed E-state index contributed by atoms with van der Waals surface area (Å²) < 4.78 is 0. The van der Waals surface area contributed by atoms with Gasteiger partial charge in [-0.25, -0.2) is 0 Å². The Morgan fingerprint density at radius 2 is 2.08 bits per heavy atom. The molecule has 2 rings (SSSR count). The fourth-order valence-electron chi connectivity index (χ4n) is 2.76. The molecule has 2 heteroatoms. The molecule has 1 saturated heterocycles. The van der Waals surface area contributed by atoms with Gasteiger partial charge in [0.25, 0.3) is 0 Å². The molecule has 2 atom stereocenters. The standard InChI is InChI=1S/C11H22N2/c1-9-4-3-7-13(10(9)2)11(8-12)5-6-11/h9-10H,3-8,12H2,1-2H3. The van der Waals surface area contributed by atoms with Crippen molar-refractivity contribution in [1.29, 1.82) is 0 Å². The third kappa shape index (κ3) is 1.50. The Bertz CT molecular complexity index is 187. The van der Waals surface area contributed by atoms with Crippen LogP contribution in [0.1, 0.15) is 39.5 Å². The summed E-state index contributed by atoms with van der Waals surface area (Å²) in [4.78, 5) is 2.68. The molecule has 0 aromatic rings. The lowest BCUT2D eigenvalue weighted by Gasteiger charge is -2.43. The van der Waals surface area contributed by atoms with E-state index in [1.165, 1.54) is 32.2 Å². The first-order valence-electron chi connectivity index (χ1n) is 5.66. The van der Waals surface area contributed by atoms with E-state index in [-0.39, 0.29) is 0 Å². The van der Waals surface area contributed by atoms with Gasteiger partial charge in [0.2, 0.25) is 0 Å². The van der Waals surface area contributed by atoms with Crippen LogP contribution in [-0.2, 0) is 0 Å². The van der Waals surface area contributed by atoms with Gasteiger partial charge in [-0.15, -0.1) is 0 Å². The van der Waals surface area contributed by atoms with Gasteiger partial charge in [-0.1, -0.05) is 6.92 Å². The number of likely N-dealkylation sites (tertiary alicyclic amines) is 1. The second kappa shape index (κ2) is 3.25. The van der Waals surface area contributed by atoms with Crippen molar-refractivity contribution in [2.45, 2.75) is 51.1 Å². The normalized spacial score (nSPS) is 39.0. The summed E-state index contributed by atoms with van der Waals surface area (Å²) in [6.45, 7) is 6.90. The molecule has 13 heavy (non-hydrogen) atoms. The molecule has 0 bridgehead atoms. The zero-order chi connectivity index (χ0) is 9.47. The molecule has 2 N–H and O–H groups in total. The highest BCUT2D eigenvalue weighted by atomic mass is 15.3. The second-order valence-electron chi connectivity index (χ2n) is 4.98. The van der Waals surface area contributed by atoms with Crippen molar-refractivity contribution in [3.05, 3.63) is 0 Å². The molecule has 0 aromatic heterocycles. The van der Waals surface area contributed by atoms with Crippen LogP contribution in [0.2, 0.25) is 0 Å². The highest BCUT2D eigenvalue weighted by molar-refractivity contribution is 5.07. The topological polar surface area (TPSA) is 29.3 Å². The molecule has 1 aliphatic carbocycles. The van der Waals surface area contributed by atoms with Gasteiger partial charge in [0.05, 0.1) is 0 Å². The summed E-state index contributed by atoms with van der Waals surface area (Å²) in [5, 5.41) is 0. The van der Waals surface area contributed by atoms with Crippen LogP contribution in [0.15, 0.2) is 0 Å². The highest BCUT2D eigenvalue weighted by Gasteiger charge is 2.49. The monoisotopic (exact) mass is 182 g/mol. The first-order chi connectivity index (χ1) is 6.19. The summed E-state index contributed by atoms with van der Waals surface area (Å²) in [5.41, 5.74) is 6.29. The van der Waals surface area contributed by atoms with E-state index in [9.17, 15) is 0 Å². The minimum atomic E-state index is 0.425. The summed E-state index contributed by atoms with van der Waals surface area (Å²) in [6, 6.07) is 0.750. The predicted octanol–water partition coefficient (Wildman–Crippen LogP) is 1.60. The van der Waals surface area contributed by atoms with E-state index in [2.05, 4.69) is 18.7 Å². The first-order valence-corrected chi connectivity index (χ1v) is 5.66. The Morgan fingerprint density at radius 3 is 2.62 bits per heavy atom. The third-order valence-electron chi connectivity index (χ3n) is 4.19. The minimum Gasteiger partial charge on any atom is -0.329 e. The number of nitrogens with zero attached hydrogens (tertiary/aromatic N) is 1. The Kier molecular flexibility index (Phi) is 2.37. The number of hydrogen-bond acceptors (Lipinski definition) is 2. The van der Waals surface area contributed by atoms with E-state index in [1.54, 1.807) is 0 Å². The summed E-state index contributed by atoms with van der Waals surface area (Å²) in [6.07, 6.45) is 5.44. The van der Waals surface area contributed by atoms with Crippen molar-refractivity contribution in [3.63, 3.8) is 0 Å². The maximum atomic E-state index is 5.87. The molecule has 1 heterocycles. The van der Waals surface area contributed by atoms with Crippen molar-refractivity contribution < 1.29 is 0 Å². The molecular formula is C11H22N2. The van der Waals surface area contributed by atoms with Crippen LogP contribution in [0.25, 0.3) is 0 Å². The molecule has 0 amide bonds. The van der Waals surface area contributed by atoms with E-state index >= 15 is 0 Å². The lowest BCUT2D eigenvalue weighted by Crippen LogP contribution is -2.52. The Balaban J connectivity index is 2.05. The number of piperidine rings is 1. The fraction of sp³-hybridized carbons (Fsp3) is 1.00. The van der Waals surface area contributed by atoms with Gasteiger partial charge in [0.15, 0.2) is 0 Å². The molecule has 0 radical (unpaired) electrons. The van der Waals surface area contributed by atoms with Gasteiger partial charge in [0, 0.05) is 18.1 Å². The summed E-state index contributed by atoms with van der Waals surface area (Å²) >= 11 is 0. The molecule has 2 nitrogen and oxygen atoms in total. The van der Waals surface area contributed by atoms with Gasteiger partial charge in [-0.05, 0) is 45.1 Å². The van der Waals surface area contributed by atoms with Crippen LogP contribution in [-0.4, -0.2) is 29.6 Å². The van der Waals surface area contributed by atoms with Crippen molar-refractivity contribution in [2.75, 3.05) is 13.1 Å². The van der Waals surface area contributed by atoms with E-state index in [1.807, 2.05) is 0 Å². The van der Waals surface area contributed by atoms with Crippen molar-refractivity contribution >= 4 is 0 Å². The lowest BCUT2D eigenvalue weighted by molar-refractivity contribution is 0.0588. The zero-order valence-corrected chi connectivity index (χ0v) is 8.92. The van der Waals surface area contributed by atoms with Gasteiger partial charge in [0.1, 0.15) is 0 Å². The average Bonchev–Trinajstić information content (AvgIpc) is 2.90. The predicted molar refractivity (Wildman–Crippen MR) is 55.6 cm³/mol. The highest BCUT2D eigenvalue weighted by Crippen LogP contribution is 2.44. The van der Waals surface area contributed by atoms with E-state index in [0.29, 0.717) is 5.54 Å².